The first-order valence-corrected chi connectivity index (χ1v) is 11.6. The van der Waals surface area contributed by atoms with E-state index in [0.29, 0.717) is 10.8 Å². The van der Waals surface area contributed by atoms with Gasteiger partial charge in [-0.3, -0.25) is 0 Å². The van der Waals surface area contributed by atoms with Gasteiger partial charge in [-0.2, -0.15) is 0 Å². The maximum absolute atomic E-state index is 6.53. The Labute approximate surface area is 181 Å². The third-order valence-corrected chi connectivity index (χ3v) is 6.79. The molecule has 0 fully saturated rings. The molecule has 0 bridgehead atoms. The summed E-state index contributed by atoms with van der Waals surface area (Å²) >= 11 is 16.3. The van der Waals surface area contributed by atoms with Crippen molar-refractivity contribution in [3.05, 3.63) is 35.4 Å². The summed E-state index contributed by atoms with van der Waals surface area (Å²) in [5.41, 5.74) is -0.468. The summed E-state index contributed by atoms with van der Waals surface area (Å²) in [6, 6.07) is 9.84. The number of ether oxygens (including phenoxy) is 2. The van der Waals surface area contributed by atoms with Gasteiger partial charge in [-0.25, -0.2) is 0 Å². The largest absolute Gasteiger partial charge is 0.494 e. The predicted molar refractivity (Wildman–Crippen MR) is 121 cm³/mol. The van der Waals surface area contributed by atoms with Crippen molar-refractivity contribution in [2.45, 2.75) is 69.2 Å². The molecule has 0 amide bonds. The van der Waals surface area contributed by atoms with Gasteiger partial charge in [0.1, 0.15) is 11.5 Å². The highest BCUT2D eigenvalue weighted by molar-refractivity contribution is 9.09. The minimum absolute atomic E-state index is 0.0729. The van der Waals surface area contributed by atoms with Crippen LogP contribution in [0.4, 0.5) is 0 Å². The Morgan fingerprint density at radius 3 is 2.48 bits per heavy atom. The summed E-state index contributed by atoms with van der Waals surface area (Å²) < 4.78 is 11.7. The Bertz CT molecular complexity index is 708. The lowest BCUT2D eigenvalue weighted by atomic mass is 10.1. The first-order chi connectivity index (χ1) is 13.1. The average Bonchev–Trinajstić information content (AvgIpc) is 2.68. The Kier molecular flexibility index (Phi) is 10.1. The lowest BCUT2D eigenvalue weighted by molar-refractivity contribution is 0.277. The van der Waals surface area contributed by atoms with Crippen LogP contribution in [0.1, 0.15) is 58.8 Å². The molecule has 2 atom stereocenters. The zero-order chi connectivity index (χ0) is 19.6. The molecule has 2 nitrogen and oxygen atoms in total. The van der Waals surface area contributed by atoms with E-state index in [9.17, 15) is 0 Å². The van der Waals surface area contributed by atoms with Crippen molar-refractivity contribution in [3.63, 3.8) is 0 Å². The van der Waals surface area contributed by atoms with E-state index in [1.807, 2.05) is 37.3 Å². The molecule has 2 aromatic rings. The molecule has 0 aromatic heterocycles. The van der Waals surface area contributed by atoms with Crippen LogP contribution in [0.15, 0.2) is 30.3 Å². The van der Waals surface area contributed by atoms with Crippen LogP contribution in [0.3, 0.4) is 0 Å². The highest BCUT2D eigenvalue weighted by Crippen LogP contribution is 2.36. The van der Waals surface area contributed by atoms with E-state index in [4.69, 9.17) is 32.7 Å². The Hall–Kier alpha value is -0.640. The van der Waals surface area contributed by atoms with Gasteiger partial charge in [0.05, 0.1) is 16.5 Å². The fourth-order valence-electron chi connectivity index (χ4n) is 2.88. The van der Waals surface area contributed by atoms with Gasteiger partial charge in [0, 0.05) is 5.39 Å². The molecule has 0 saturated carbocycles. The third kappa shape index (κ3) is 7.03. The fourth-order valence-corrected chi connectivity index (χ4v) is 3.55. The van der Waals surface area contributed by atoms with Crippen molar-refractivity contribution in [2.24, 2.45) is 0 Å². The van der Waals surface area contributed by atoms with Gasteiger partial charge in [0.25, 0.3) is 0 Å². The molecule has 0 N–H and O–H groups in total. The minimum atomic E-state index is -0.468. The molecule has 2 aromatic carbocycles. The molecule has 0 aliphatic heterocycles. The molecular weight excluding hydrogens is 447 g/mol. The van der Waals surface area contributed by atoms with Crippen molar-refractivity contribution in [1.29, 1.82) is 0 Å². The van der Waals surface area contributed by atoms with Gasteiger partial charge in [-0.05, 0) is 42.5 Å². The quantitative estimate of drug-likeness (QED) is 0.226. The van der Waals surface area contributed by atoms with Crippen LogP contribution in [-0.2, 0) is 0 Å². The molecule has 0 spiro atoms. The first kappa shape index (κ1) is 22.6. The van der Waals surface area contributed by atoms with E-state index in [-0.39, 0.29) is 4.83 Å². The summed E-state index contributed by atoms with van der Waals surface area (Å²) in [4.78, 5) is 0.0729. The van der Waals surface area contributed by atoms with Crippen molar-refractivity contribution in [3.8, 4) is 11.5 Å². The average molecular weight is 476 g/mol. The second kappa shape index (κ2) is 12.0. The van der Waals surface area contributed by atoms with Gasteiger partial charge in [-0.15, -0.1) is 0 Å². The molecule has 0 saturated heterocycles. The number of unbranched alkanes of at least 4 members (excludes halogenated alkanes) is 5. The second-order valence-electron chi connectivity index (χ2n) is 6.77. The van der Waals surface area contributed by atoms with E-state index in [2.05, 4.69) is 22.9 Å². The molecule has 0 aliphatic carbocycles. The monoisotopic (exact) mass is 474 g/mol. The Morgan fingerprint density at radius 2 is 1.74 bits per heavy atom. The van der Waals surface area contributed by atoms with Gasteiger partial charge in [-0.1, -0.05) is 91.1 Å². The maximum Gasteiger partial charge on any atom is 0.184 e. The van der Waals surface area contributed by atoms with Crippen LogP contribution in [0.25, 0.3) is 10.8 Å². The lowest BCUT2D eigenvalue weighted by Gasteiger charge is -2.18. The highest BCUT2D eigenvalue weighted by atomic mass is 79.9. The minimum Gasteiger partial charge on any atom is -0.494 e. The van der Waals surface area contributed by atoms with Crippen molar-refractivity contribution in [2.75, 3.05) is 6.61 Å². The molecule has 150 valence electrons. The van der Waals surface area contributed by atoms with E-state index in [0.717, 1.165) is 36.0 Å². The van der Waals surface area contributed by atoms with Crippen LogP contribution in [0.5, 0.6) is 11.5 Å². The maximum atomic E-state index is 6.53. The van der Waals surface area contributed by atoms with E-state index in [1.165, 1.54) is 32.1 Å². The molecular formula is C22H29BrCl2O2. The van der Waals surface area contributed by atoms with Crippen molar-refractivity contribution in [1.82, 2.24) is 0 Å². The van der Waals surface area contributed by atoms with E-state index < -0.39 is 5.56 Å². The number of halogens is 3. The molecule has 2 rings (SSSR count). The smallest absolute Gasteiger partial charge is 0.184 e. The number of hydrogen-bond acceptors (Lipinski definition) is 2. The fraction of sp³-hybridized carbons (Fsp3) is 0.545. The van der Waals surface area contributed by atoms with Gasteiger partial charge >= 0.3 is 0 Å². The molecule has 0 heterocycles. The number of hydrogen-bond donors (Lipinski definition) is 0. The number of benzene rings is 2. The normalized spacial score (nSPS) is 13.5. The van der Waals surface area contributed by atoms with Crippen LogP contribution in [0.2, 0.25) is 5.02 Å². The number of rotatable bonds is 12. The van der Waals surface area contributed by atoms with Crippen LogP contribution >= 0.6 is 39.1 Å². The van der Waals surface area contributed by atoms with Gasteiger partial charge in [0.2, 0.25) is 0 Å². The summed E-state index contributed by atoms with van der Waals surface area (Å²) in [5.74, 6) is 1.48. The summed E-state index contributed by atoms with van der Waals surface area (Å²) in [5, 5.41) is 2.55. The predicted octanol–water partition coefficient (Wildman–Crippen LogP) is 8.35. The molecule has 2 unspecified atom stereocenters. The third-order valence-electron chi connectivity index (χ3n) is 4.57. The first-order valence-electron chi connectivity index (χ1n) is 9.86. The highest BCUT2D eigenvalue weighted by Gasteiger charge is 2.18. The van der Waals surface area contributed by atoms with E-state index >= 15 is 0 Å². The standard InChI is InChI=1S/C22H29BrCl2O2/c1-3-5-6-7-8-9-14-26-17-11-12-18-16(15-17)10-13-20(21(18)24)27-22(25)19(23)4-2/h10-13,15,19,22H,3-9,14H2,1-2H3. The topological polar surface area (TPSA) is 18.5 Å². The second-order valence-corrected chi connectivity index (χ2v) is 8.75. The molecule has 5 heteroatoms. The lowest BCUT2D eigenvalue weighted by Crippen LogP contribution is -2.20. The number of alkyl halides is 2. The molecule has 0 aliphatic rings. The van der Waals surface area contributed by atoms with E-state index in [1.54, 1.807) is 0 Å². The summed E-state index contributed by atoms with van der Waals surface area (Å²) in [6.45, 7) is 5.04. The van der Waals surface area contributed by atoms with Crippen LogP contribution in [0, 0.1) is 0 Å². The molecule has 27 heavy (non-hydrogen) atoms. The number of fused-ring (bicyclic) bond motifs is 1. The van der Waals surface area contributed by atoms with Gasteiger partial charge in [0.15, 0.2) is 5.56 Å². The molecule has 0 radical (unpaired) electrons. The summed E-state index contributed by atoms with van der Waals surface area (Å²) in [7, 11) is 0. The summed E-state index contributed by atoms with van der Waals surface area (Å²) in [6.07, 6.45) is 8.43. The van der Waals surface area contributed by atoms with Crippen LogP contribution < -0.4 is 9.47 Å². The zero-order valence-corrected chi connectivity index (χ0v) is 19.2. The van der Waals surface area contributed by atoms with Gasteiger partial charge < -0.3 is 9.47 Å². The Morgan fingerprint density at radius 1 is 1.00 bits per heavy atom. The zero-order valence-electron chi connectivity index (χ0n) is 16.1. The van der Waals surface area contributed by atoms with Crippen molar-refractivity contribution < 1.29 is 9.47 Å². The van der Waals surface area contributed by atoms with Crippen molar-refractivity contribution >= 4 is 49.9 Å². The Balaban J connectivity index is 1.95. The SMILES string of the molecule is CCCCCCCCOc1ccc2c(Cl)c(OC(Cl)C(Br)CC)ccc2c1. The van der Waals surface area contributed by atoms with Crippen LogP contribution in [-0.4, -0.2) is 17.0 Å².